The summed E-state index contributed by atoms with van der Waals surface area (Å²) >= 11 is 0. The molecule has 0 bridgehead atoms. The first-order valence-corrected chi connectivity index (χ1v) is 4.05. The van der Waals surface area contributed by atoms with Gasteiger partial charge in [-0.05, 0) is 16.8 Å². The zero-order chi connectivity index (χ0) is 9.26. The normalized spacial score (nSPS) is 9.50. The molecule has 2 rings (SSSR count). The Bertz CT molecular complexity index is 440. The first-order valence-electron chi connectivity index (χ1n) is 4.05. The summed E-state index contributed by atoms with van der Waals surface area (Å²) in [6, 6.07) is 11.1. The molecule has 0 heterocycles. The van der Waals surface area contributed by atoms with E-state index in [0.29, 0.717) is 11.1 Å². The van der Waals surface area contributed by atoms with E-state index in [4.69, 9.17) is 4.74 Å². The molecule has 14 heavy (non-hydrogen) atoms. The van der Waals surface area contributed by atoms with Crippen molar-refractivity contribution in [1.82, 2.24) is 0 Å². The summed E-state index contributed by atoms with van der Waals surface area (Å²) in [4.78, 5) is 0. The second-order valence-electron chi connectivity index (χ2n) is 2.82. The van der Waals surface area contributed by atoms with Crippen LogP contribution in [0.5, 0.6) is 11.5 Å². The minimum absolute atomic E-state index is 0. The molecule has 0 saturated heterocycles. The molecular weight excluding hydrogens is 187 g/mol. The largest absolute Gasteiger partial charge is 1.00 e. The molecule has 0 fully saturated rings. The maximum absolute atomic E-state index is 11.6. The number of benzene rings is 2. The van der Waals surface area contributed by atoms with Crippen molar-refractivity contribution in [2.24, 2.45) is 0 Å². The molecule has 66 valence electrons. The quantitative estimate of drug-likeness (QED) is 0.544. The van der Waals surface area contributed by atoms with Crippen molar-refractivity contribution < 1.29 is 39.4 Å². The van der Waals surface area contributed by atoms with Gasteiger partial charge in [0, 0.05) is 0 Å². The third-order valence-corrected chi connectivity index (χ3v) is 2.06. The molecule has 2 nitrogen and oxygen atoms in total. The fraction of sp³-hybridized carbons (Fsp3) is 0.0909. The smallest absolute Gasteiger partial charge is 0.870 e. The first-order chi connectivity index (χ1) is 6.33. The van der Waals surface area contributed by atoms with Gasteiger partial charge in [-0.15, -0.1) is 0 Å². The van der Waals surface area contributed by atoms with E-state index in [2.05, 4.69) is 0 Å². The van der Waals surface area contributed by atoms with E-state index in [0.717, 1.165) is 5.39 Å². The number of ether oxygens (including phenoxy) is 1. The monoisotopic (exact) mass is 196 g/mol. The fourth-order valence-electron chi connectivity index (χ4n) is 1.38. The Morgan fingerprint density at radius 1 is 1.07 bits per heavy atom. The van der Waals surface area contributed by atoms with Gasteiger partial charge >= 0.3 is 29.6 Å². The van der Waals surface area contributed by atoms with Gasteiger partial charge in [0.25, 0.3) is 0 Å². The standard InChI is InChI=1S/C11H10O2.Na/c1-13-10-7-6-8-4-2-3-5-9(8)11(10)12;/h2-7,12H,1H3;/q;+1/p-1. The molecule has 0 amide bonds. The Balaban J connectivity index is 0.000000980. The van der Waals surface area contributed by atoms with E-state index in [1.807, 2.05) is 24.3 Å². The van der Waals surface area contributed by atoms with Crippen LogP contribution >= 0.6 is 0 Å². The van der Waals surface area contributed by atoms with E-state index >= 15 is 0 Å². The Morgan fingerprint density at radius 2 is 1.79 bits per heavy atom. The summed E-state index contributed by atoms with van der Waals surface area (Å²) in [5, 5.41) is 13.3. The molecule has 0 saturated carbocycles. The number of rotatable bonds is 1. The number of fused-ring (bicyclic) bond motifs is 1. The number of hydrogen-bond acceptors (Lipinski definition) is 2. The van der Waals surface area contributed by atoms with Crippen molar-refractivity contribution >= 4 is 10.8 Å². The van der Waals surface area contributed by atoms with Gasteiger partial charge in [-0.1, -0.05) is 36.1 Å². The summed E-state index contributed by atoms with van der Waals surface area (Å²) in [5.74, 6) is 0.360. The van der Waals surface area contributed by atoms with Gasteiger partial charge in [0.15, 0.2) is 0 Å². The predicted octanol–water partition coefficient (Wildman–Crippen LogP) is -1.07. The van der Waals surface area contributed by atoms with Crippen LogP contribution in [-0.2, 0) is 0 Å². The van der Waals surface area contributed by atoms with Crippen molar-refractivity contribution in [2.45, 2.75) is 0 Å². The maximum atomic E-state index is 11.6. The zero-order valence-electron chi connectivity index (χ0n) is 8.28. The van der Waals surface area contributed by atoms with Crippen LogP contribution in [0.25, 0.3) is 10.8 Å². The second kappa shape index (κ2) is 4.69. The van der Waals surface area contributed by atoms with Crippen LogP contribution < -0.4 is 39.4 Å². The SMILES string of the molecule is COc1ccc2ccccc2c1[O-].[Na+]. The van der Waals surface area contributed by atoms with E-state index < -0.39 is 0 Å². The molecule has 2 aromatic rings. The molecule has 0 aromatic heterocycles. The molecule has 0 aliphatic rings. The van der Waals surface area contributed by atoms with Crippen LogP contribution in [0.15, 0.2) is 36.4 Å². The van der Waals surface area contributed by atoms with Crippen molar-refractivity contribution in [3.63, 3.8) is 0 Å². The van der Waals surface area contributed by atoms with Crippen molar-refractivity contribution in [1.29, 1.82) is 0 Å². The minimum atomic E-state index is -0.0411. The van der Waals surface area contributed by atoms with Gasteiger partial charge in [-0.2, -0.15) is 0 Å². The van der Waals surface area contributed by atoms with Gasteiger partial charge in [0.1, 0.15) is 5.75 Å². The van der Waals surface area contributed by atoms with E-state index in [1.165, 1.54) is 7.11 Å². The Hall–Kier alpha value is -0.700. The second-order valence-corrected chi connectivity index (χ2v) is 2.82. The topological polar surface area (TPSA) is 32.3 Å². The Kier molecular flexibility index (Phi) is 3.81. The molecule has 0 aliphatic heterocycles. The third-order valence-electron chi connectivity index (χ3n) is 2.06. The average molecular weight is 196 g/mol. The predicted molar refractivity (Wildman–Crippen MR) is 49.9 cm³/mol. The fourth-order valence-corrected chi connectivity index (χ4v) is 1.38. The van der Waals surface area contributed by atoms with Gasteiger partial charge in [-0.25, -0.2) is 0 Å². The van der Waals surface area contributed by atoms with E-state index in [-0.39, 0.29) is 35.3 Å². The zero-order valence-corrected chi connectivity index (χ0v) is 10.3. The van der Waals surface area contributed by atoms with Crippen LogP contribution in [0.4, 0.5) is 0 Å². The molecular formula is C11H9NaO2. The van der Waals surface area contributed by atoms with Crippen LogP contribution in [-0.4, -0.2) is 7.11 Å². The number of hydrogen-bond donors (Lipinski definition) is 0. The van der Waals surface area contributed by atoms with Crippen molar-refractivity contribution in [2.75, 3.05) is 7.11 Å². The van der Waals surface area contributed by atoms with Crippen LogP contribution in [0.3, 0.4) is 0 Å². The Morgan fingerprint density at radius 3 is 2.50 bits per heavy atom. The summed E-state index contributed by atoms with van der Waals surface area (Å²) in [6.45, 7) is 0. The minimum Gasteiger partial charge on any atom is -0.870 e. The van der Waals surface area contributed by atoms with E-state index in [9.17, 15) is 5.11 Å². The van der Waals surface area contributed by atoms with Gasteiger partial charge in [0.2, 0.25) is 0 Å². The molecule has 0 N–H and O–H groups in total. The van der Waals surface area contributed by atoms with Crippen molar-refractivity contribution in [3.05, 3.63) is 36.4 Å². The molecule has 2 aromatic carbocycles. The van der Waals surface area contributed by atoms with Crippen LogP contribution in [0.1, 0.15) is 0 Å². The molecule has 0 spiro atoms. The van der Waals surface area contributed by atoms with Crippen LogP contribution in [0.2, 0.25) is 0 Å². The third kappa shape index (κ3) is 1.87. The number of methoxy groups -OCH3 is 1. The molecule has 0 radical (unpaired) electrons. The van der Waals surface area contributed by atoms with E-state index in [1.54, 1.807) is 12.1 Å². The molecule has 0 atom stereocenters. The Labute approximate surface area is 105 Å². The maximum Gasteiger partial charge on any atom is 1.00 e. The summed E-state index contributed by atoms with van der Waals surface area (Å²) in [7, 11) is 1.51. The summed E-state index contributed by atoms with van der Waals surface area (Å²) in [6.07, 6.45) is 0. The summed E-state index contributed by atoms with van der Waals surface area (Å²) < 4.78 is 4.94. The first kappa shape index (κ1) is 11.4. The average Bonchev–Trinajstić information content (AvgIpc) is 2.19. The van der Waals surface area contributed by atoms with Gasteiger partial charge < -0.3 is 9.84 Å². The van der Waals surface area contributed by atoms with Crippen LogP contribution in [0, 0.1) is 0 Å². The molecule has 0 unspecified atom stereocenters. The van der Waals surface area contributed by atoms with Crippen molar-refractivity contribution in [3.8, 4) is 11.5 Å². The summed E-state index contributed by atoms with van der Waals surface area (Å²) in [5.41, 5.74) is 0. The molecule has 0 aliphatic carbocycles. The van der Waals surface area contributed by atoms with Gasteiger partial charge in [0.05, 0.1) is 7.11 Å². The molecule has 3 heteroatoms. The van der Waals surface area contributed by atoms with Gasteiger partial charge in [-0.3, -0.25) is 0 Å².